The Kier molecular flexibility index (Phi) is 12.5. The summed E-state index contributed by atoms with van der Waals surface area (Å²) in [6.45, 7) is 5.30. The number of nitrogens with two attached hydrogens (primary N) is 1. The lowest BCUT2D eigenvalue weighted by Gasteiger charge is -1.90. The van der Waals surface area contributed by atoms with E-state index in [-0.39, 0.29) is 5.78 Å². The molecule has 6 rings (SSSR count). The van der Waals surface area contributed by atoms with Crippen LogP contribution >= 0.6 is 43.2 Å². The standard InChI is InChI=1S/C10H8BrNO.C9H5BrO2S.C7H9N.C4H9NO/c1-6(13)9-4-7-2-3-8(11)5-10(7)12-9;10-6-2-1-5-3-8(9(11)12)13-7(5)4-6;1-2-7-4-3-5-8-6-7;5-4-1-2-6-3-4/h2-5,12H,1H3;1-4H,(H,11,12);3-6H,2H2,1H3;4H,1-3,5H2. The predicted octanol–water partition coefficient (Wildman–Crippen LogP) is 7.87. The largest absolute Gasteiger partial charge is 0.477 e. The number of aromatic nitrogens is 2. The highest BCUT2D eigenvalue weighted by Crippen LogP contribution is 2.28. The van der Waals surface area contributed by atoms with Crippen molar-refractivity contribution in [2.45, 2.75) is 32.7 Å². The first kappa shape index (κ1) is 31.6. The molecule has 1 aliphatic heterocycles. The number of fused-ring (bicyclic) bond motifs is 2. The number of nitrogens with one attached hydrogen (secondary N) is 1. The molecule has 210 valence electrons. The highest BCUT2D eigenvalue weighted by Gasteiger charge is 2.09. The highest BCUT2D eigenvalue weighted by atomic mass is 79.9. The van der Waals surface area contributed by atoms with Crippen LogP contribution in [0.1, 0.15) is 46.0 Å². The number of rotatable bonds is 3. The van der Waals surface area contributed by atoms with Gasteiger partial charge in [0.1, 0.15) is 4.88 Å². The number of hydrogen-bond donors (Lipinski definition) is 3. The van der Waals surface area contributed by atoms with Gasteiger partial charge in [0.25, 0.3) is 0 Å². The molecule has 40 heavy (non-hydrogen) atoms. The summed E-state index contributed by atoms with van der Waals surface area (Å²) in [6.07, 6.45) is 5.80. The molecular formula is C30H31Br2N3O4S. The number of aryl methyl sites for hydroxylation is 1. The van der Waals surface area contributed by atoms with Crippen LogP contribution in [0.2, 0.25) is 0 Å². The fourth-order valence-electron chi connectivity index (χ4n) is 3.56. The molecule has 4 N–H and O–H groups in total. The topological polar surface area (TPSA) is 118 Å². The summed E-state index contributed by atoms with van der Waals surface area (Å²) in [4.78, 5) is 29.1. The van der Waals surface area contributed by atoms with Crippen LogP contribution in [-0.2, 0) is 11.2 Å². The summed E-state index contributed by atoms with van der Waals surface area (Å²) in [5.41, 5.74) is 8.35. The van der Waals surface area contributed by atoms with Crippen LogP contribution in [0.3, 0.4) is 0 Å². The first-order valence-corrected chi connectivity index (χ1v) is 15.0. The number of aromatic carboxylic acids is 1. The second-order valence-electron chi connectivity index (χ2n) is 8.91. The molecule has 1 aliphatic rings. The van der Waals surface area contributed by atoms with E-state index in [2.05, 4.69) is 54.8 Å². The minimum Gasteiger partial charge on any atom is -0.477 e. The fraction of sp³-hybridized carbons (Fsp3) is 0.233. The first-order chi connectivity index (χ1) is 19.2. The lowest BCUT2D eigenvalue weighted by molar-refractivity contribution is 0.0702. The number of halogens is 2. The summed E-state index contributed by atoms with van der Waals surface area (Å²) >= 11 is 8.00. The molecule has 7 nitrogen and oxygen atoms in total. The van der Waals surface area contributed by atoms with Crippen LogP contribution in [-0.4, -0.2) is 46.1 Å². The third kappa shape index (κ3) is 9.94. The molecule has 0 radical (unpaired) electrons. The number of carbonyl (C=O) groups is 2. The van der Waals surface area contributed by atoms with Gasteiger partial charge in [0.05, 0.1) is 12.3 Å². The SMILES string of the molecule is CC(=O)c1cc2ccc(Br)cc2[nH]1.CCc1cccnc1.NC1CCOC1.O=C(O)c1cc2ccc(Br)cc2s1. The quantitative estimate of drug-likeness (QED) is 0.166. The van der Waals surface area contributed by atoms with Gasteiger partial charge >= 0.3 is 5.97 Å². The van der Waals surface area contributed by atoms with E-state index in [0.29, 0.717) is 16.6 Å². The van der Waals surface area contributed by atoms with Gasteiger partial charge in [0, 0.05) is 56.5 Å². The molecule has 4 heterocycles. The van der Waals surface area contributed by atoms with Crippen molar-refractivity contribution >= 4 is 75.9 Å². The lowest BCUT2D eigenvalue weighted by atomic mass is 10.2. The minimum absolute atomic E-state index is 0.0623. The zero-order valence-electron chi connectivity index (χ0n) is 22.2. The van der Waals surface area contributed by atoms with Crippen molar-refractivity contribution in [3.05, 3.63) is 98.1 Å². The average Bonchev–Trinajstić information content (AvgIpc) is 3.69. The third-order valence-corrected chi connectivity index (χ3v) is 7.83. The molecule has 5 aromatic rings. The Bertz CT molecular complexity index is 1460. The second-order valence-corrected chi connectivity index (χ2v) is 11.8. The maximum atomic E-state index is 11.1. The number of ketones is 1. The van der Waals surface area contributed by atoms with Crippen molar-refractivity contribution in [2.24, 2.45) is 5.73 Å². The molecule has 0 aliphatic carbocycles. The number of benzene rings is 2. The fourth-order valence-corrected chi connectivity index (χ4v) is 5.37. The molecule has 0 saturated carbocycles. The van der Waals surface area contributed by atoms with Gasteiger partial charge in [-0.1, -0.05) is 57.0 Å². The summed E-state index contributed by atoms with van der Waals surface area (Å²) in [5.74, 6) is -0.801. The van der Waals surface area contributed by atoms with Gasteiger partial charge in [-0.2, -0.15) is 0 Å². The molecule has 3 aromatic heterocycles. The first-order valence-electron chi connectivity index (χ1n) is 12.6. The number of nitrogens with zero attached hydrogens (tertiary/aromatic N) is 1. The predicted molar refractivity (Wildman–Crippen MR) is 170 cm³/mol. The van der Waals surface area contributed by atoms with Crippen molar-refractivity contribution in [1.29, 1.82) is 0 Å². The summed E-state index contributed by atoms with van der Waals surface area (Å²) in [5, 5.41) is 10.8. The summed E-state index contributed by atoms with van der Waals surface area (Å²) in [6, 6.07) is 19.5. The Morgan fingerprint density at radius 1 is 1.10 bits per heavy atom. The van der Waals surface area contributed by atoms with E-state index in [1.165, 1.54) is 16.9 Å². The monoisotopic (exact) mass is 687 g/mol. The van der Waals surface area contributed by atoms with E-state index in [9.17, 15) is 9.59 Å². The molecule has 1 saturated heterocycles. The van der Waals surface area contributed by atoms with Crippen LogP contribution in [0.15, 0.2) is 82.0 Å². The van der Waals surface area contributed by atoms with Crippen LogP contribution in [0.4, 0.5) is 0 Å². The maximum Gasteiger partial charge on any atom is 0.345 e. The number of H-pyrrole nitrogens is 1. The van der Waals surface area contributed by atoms with Gasteiger partial charge in [-0.15, -0.1) is 11.3 Å². The molecule has 0 spiro atoms. The Hall–Kier alpha value is -2.89. The number of pyridine rings is 1. The van der Waals surface area contributed by atoms with E-state index >= 15 is 0 Å². The number of carboxylic acids is 1. The van der Waals surface area contributed by atoms with Gasteiger partial charge in [-0.05, 0) is 66.3 Å². The Morgan fingerprint density at radius 2 is 1.82 bits per heavy atom. The Balaban J connectivity index is 0.000000154. The van der Waals surface area contributed by atoms with Crippen molar-refractivity contribution in [1.82, 2.24) is 9.97 Å². The maximum absolute atomic E-state index is 11.1. The molecule has 2 aromatic carbocycles. The van der Waals surface area contributed by atoms with E-state index < -0.39 is 5.97 Å². The number of ether oxygens (including phenoxy) is 1. The molecule has 0 amide bonds. The Labute approximate surface area is 254 Å². The number of aromatic amines is 1. The number of thiophene rings is 1. The Morgan fingerprint density at radius 3 is 2.35 bits per heavy atom. The second kappa shape index (κ2) is 15.8. The van der Waals surface area contributed by atoms with Crippen molar-refractivity contribution in [2.75, 3.05) is 13.2 Å². The normalized spacial score (nSPS) is 13.9. The van der Waals surface area contributed by atoms with E-state index in [1.807, 2.05) is 54.7 Å². The molecule has 10 heteroatoms. The van der Waals surface area contributed by atoms with Gasteiger partial charge < -0.3 is 20.6 Å². The van der Waals surface area contributed by atoms with E-state index in [1.54, 1.807) is 19.2 Å². The zero-order chi connectivity index (χ0) is 29.1. The number of carboxylic acid groups (broad SMARTS) is 1. The molecule has 1 fully saturated rings. The van der Waals surface area contributed by atoms with E-state index in [4.69, 9.17) is 15.6 Å². The molecule has 1 atom stereocenters. The lowest BCUT2D eigenvalue weighted by Crippen LogP contribution is -2.18. The average molecular weight is 689 g/mol. The third-order valence-electron chi connectivity index (χ3n) is 5.75. The molecule has 0 bridgehead atoms. The van der Waals surface area contributed by atoms with Crippen LogP contribution in [0.25, 0.3) is 21.0 Å². The molecule has 1 unspecified atom stereocenters. The van der Waals surface area contributed by atoms with Crippen LogP contribution in [0, 0.1) is 0 Å². The van der Waals surface area contributed by atoms with Crippen molar-refractivity contribution < 1.29 is 19.4 Å². The zero-order valence-corrected chi connectivity index (χ0v) is 26.2. The molecular weight excluding hydrogens is 658 g/mol. The summed E-state index contributed by atoms with van der Waals surface area (Å²) in [7, 11) is 0. The number of carbonyl (C=O) groups excluding carboxylic acids is 1. The smallest absolute Gasteiger partial charge is 0.345 e. The van der Waals surface area contributed by atoms with Crippen molar-refractivity contribution in [3.8, 4) is 0 Å². The van der Waals surface area contributed by atoms with Gasteiger partial charge in [0.15, 0.2) is 5.78 Å². The highest BCUT2D eigenvalue weighted by molar-refractivity contribution is 9.10. The van der Waals surface area contributed by atoms with E-state index in [0.717, 1.165) is 56.0 Å². The van der Waals surface area contributed by atoms with Gasteiger partial charge in [0.2, 0.25) is 0 Å². The van der Waals surface area contributed by atoms with Crippen LogP contribution in [0.5, 0.6) is 0 Å². The summed E-state index contributed by atoms with van der Waals surface area (Å²) < 4.78 is 7.91. The van der Waals surface area contributed by atoms with Crippen molar-refractivity contribution in [3.63, 3.8) is 0 Å². The van der Waals surface area contributed by atoms with Gasteiger partial charge in [-0.3, -0.25) is 9.78 Å². The minimum atomic E-state index is -0.864. The van der Waals surface area contributed by atoms with Crippen LogP contribution < -0.4 is 5.73 Å². The van der Waals surface area contributed by atoms with Gasteiger partial charge in [-0.25, -0.2) is 4.79 Å². The number of Topliss-reactive ketones (excluding diaryl/α,β-unsaturated/α-hetero) is 1. The number of hydrogen-bond acceptors (Lipinski definition) is 6.